The minimum atomic E-state index is -0.683. The molecule has 0 unspecified atom stereocenters. The Labute approximate surface area is 173 Å². The Morgan fingerprint density at radius 2 is 1.87 bits per heavy atom. The molecule has 0 aliphatic carbocycles. The maximum atomic E-state index is 13.2. The van der Waals surface area contributed by atoms with Crippen LogP contribution in [-0.4, -0.2) is 41.9 Å². The maximum Gasteiger partial charge on any atom is 0.319 e. The second-order valence-electron chi connectivity index (χ2n) is 6.88. The van der Waals surface area contributed by atoms with E-state index in [1.54, 1.807) is 48.6 Å². The smallest absolute Gasteiger partial charge is 0.319 e. The Kier molecular flexibility index (Phi) is 7.53. The fourth-order valence-corrected chi connectivity index (χ4v) is 3.08. The molecule has 8 heteroatoms. The van der Waals surface area contributed by atoms with Gasteiger partial charge in [0.2, 0.25) is 5.91 Å². The van der Waals surface area contributed by atoms with Crippen molar-refractivity contribution in [1.29, 1.82) is 0 Å². The molecule has 3 atom stereocenters. The lowest BCUT2D eigenvalue weighted by Crippen LogP contribution is -2.50. The summed E-state index contributed by atoms with van der Waals surface area (Å²) < 4.78 is 18.9. The van der Waals surface area contributed by atoms with Crippen molar-refractivity contribution in [3.63, 3.8) is 0 Å². The van der Waals surface area contributed by atoms with Gasteiger partial charge in [-0.25, -0.2) is 9.18 Å². The Hall–Kier alpha value is -3.23. The van der Waals surface area contributed by atoms with Crippen molar-refractivity contribution in [3.05, 3.63) is 78.1 Å². The molecule has 3 rings (SSSR count). The molecule has 7 nitrogen and oxygen atoms in total. The van der Waals surface area contributed by atoms with Crippen molar-refractivity contribution >= 4 is 17.6 Å². The number of para-hydroxylation sites is 1. The molecule has 1 heterocycles. The molecule has 1 aliphatic rings. The summed E-state index contributed by atoms with van der Waals surface area (Å²) in [4.78, 5) is 24.3. The summed E-state index contributed by atoms with van der Waals surface area (Å²) in [7, 11) is 0. The summed E-state index contributed by atoms with van der Waals surface area (Å²) in [5.74, 6) is -0.625. The Balaban J connectivity index is 1.49. The summed E-state index contributed by atoms with van der Waals surface area (Å²) >= 11 is 0. The summed E-state index contributed by atoms with van der Waals surface area (Å²) in [5.41, 5.74) is 1.30. The van der Waals surface area contributed by atoms with E-state index in [1.807, 2.05) is 6.07 Å². The quantitative estimate of drug-likeness (QED) is 0.524. The molecule has 0 saturated carbocycles. The second-order valence-corrected chi connectivity index (χ2v) is 6.88. The zero-order valence-corrected chi connectivity index (χ0v) is 16.3. The van der Waals surface area contributed by atoms with Crippen molar-refractivity contribution < 1.29 is 23.8 Å². The minimum absolute atomic E-state index is 0.0469. The summed E-state index contributed by atoms with van der Waals surface area (Å²) in [5, 5.41) is 17.8. The largest absolute Gasteiger partial charge is 0.394 e. The van der Waals surface area contributed by atoms with Crippen LogP contribution in [0.4, 0.5) is 14.9 Å². The van der Waals surface area contributed by atoms with Crippen LogP contribution in [0.2, 0.25) is 0 Å². The fourth-order valence-electron chi connectivity index (χ4n) is 3.08. The molecule has 2 aromatic rings. The zero-order valence-electron chi connectivity index (χ0n) is 16.3. The van der Waals surface area contributed by atoms with E-state index in [4.69, 9.17) is 4.74 Å². The number of carbonyl (C=O) groups excluding carboxylic acids is 2. The highest BCUT2D eigenvalue weighted by molar-refractivity contribution is 5.89. The highest BCUT2D eigenvalue weighted by Gasteiger charge is 2.29. The SMILES string of the molecule is O=C(C[C@H]1C=C[C@@H](NC(=O)Nc2ccccc2)[C@H](CO)O1)NCc1cccc(F)c1. The number of ether oxygens (including phenoxy) is 1. The molecule has 1 aliphatic heterocycles. The Morgan fingerprint density at radius 1 is 1.07 bits per heavy atom. The molecule has 3 amide bonds. The van der Waals surface area contributed by atoms with Crippen LogP contribution in [0.15, 0.2) is 66.7 Å². The van der Waals surface area contributed by atoms with Gasteiger partial charge in [0, 0.05) is 12.2 Å². The number of aliphatic hydroxyl groups excluding tert-OH is 1. The molecule has 0 fully saturated rings. The van der Waals surface area contributed by atoms with E-state index in [-0.39, 0.29) is 31.3 Å². The van der Waals surface area contributed by atoms with E-state index in [1.165, 1.54) is 12.1 Å². The van der Waals surface area contributed by atoms with Gasteiger partial charge in [0.25, 0.3) is 0 Å². The number of halogens is 1. The first kappa shape index (κ1) is 21.5. The molecule has 0 saturated heterocycles. The zero-order chi connectivity index (χ0) is 21.3. The lowest BCUT2D eigenvalue weighted by Gasteiger charge is -2.31. The van der Waals surface area contributed by atoms with Crippen LogP contribution in [0, 0.1) is 5.82 Å². The molecule has 0 aromatic heterocycles. The van der Waals surface area contributed by atoms with Crippen molar-refractivity contribution in [3.8, 4) is 0 Å². The van der Waals surface area contributed by atoms with Crippen molar-refractivity contribution in [1.82, 2.24) is 10.6 Å². The van der Waals surface area contributed by atoms with Crippen LogP contribution >= 0.6 is 0 Å². The van der Waals surface area contributed by atoms with Crippen LogP contribution in [0.3, 0.4) is 0 Å². The van der Waals surface area contributed by atoms with E-state index < -0.39 is 24.3 Å². The third-order valence-corrected chi connectivity index (χ3v) is 4.56. The molecule has 0 bridgehead atoms. The third kappa shape index (κ3) is 6.40. The first-order valence-corrected chi connectivity index (χ1v) is 9.62. The van der Waals surface area contributed by atoms with Crippen molar-refractivity contribution in [2.24, 2.45) is 0 Å². The molecule has 30 heavy (non-hydrogen) atoms. The van der Waals surface area contributed by atoms with Gasteiger partial charge >= 0.3 is 6.03 Å². The molecular formula is C22H24FN3O4. The predicted octanol–water partition coefficient (Wildman–Crippen LogP) is 2.34. The Morgan fingerprint density at radius 3 is 2.60 bits per heavy atom. The number of anilines is 1. The minimum Gasteiger partial charge on any atom is -0.394 e. The number of urea groups is 1. The summed E-state index contributed by atoms with van der Waals surface area (Å²) in [6, 6.07) is 14.0. The molecule has 158 valence electrons. The van der Waals surface area contributed by atoms with E-state index in [0.29, 0.717) is 11.3 Å². The normalized spacial score (nSPS) is 20.4. The molecule has 4 N–H and O–H groups in total. The van der Waals surface area contributed by atoms with Crippen LogP contribution in [-0.2, 0) is 16.1 Å². The first-order valence-electron chi connectivity index (χ1n) is 9.62. The van der Waals surface area contributed by atoms with E-state index in [9.17, 15) is 19.1 Å². The number of rotatable bonds is 7. The van der Waals surface area contributed by atoms with Gasteiger partial charge in [-0.2, -0.15) is 0 Å². The molecule has 0 spiro atoms. The number of nitrogens with one attached hydrogen (secondary N) is 3. The van der Waals surface area contributed by atoms with Gasteiger partial charge in [-0.3, -0.25) is 4.79 Å². The highest BCUT2D eigenvalue weighted by Crippen LogP contribution is 2.16. The molecule has 2 aromatic carbocycles. The van der Waals surface area contributed by atoms with Gasteiger partial charge in [0.05, 0.1) is 25.2 Å². The summed E-state index contributed by atoms with van der Waals surface area (Å²) in [6.45, 7) is -0.109. The average Bonchev–Trinajstić information content (AvgIpc) is 2.74. The number of amides is 3. The van der Waals surface area contributed by atoms with Gasteiger partial charge in [-0.15, -0.1) is 0 Å². The van der Waals surface area contributed by atoms with E-state index in [0.717, 1.165) is 0 Å². The topological polar surface area (TPSA) is 99.7 Å². The van der Waals surface area contributed by atoms with Gasteiger partial charge in [0.1, 0.15) is 11.9 Å². The van der Waals surface area contributed by atoms with Crippen LogP contribution in [0.5, 0.6) is 0 Å². The highest BCUT2D eigenvalue weighted by atomic mass is 19.1. The lowest BCUT2D eigenvalue weighted by atomic mass is 10.0. The van der Waals surface area contributed by atoms with Crippen molar-refractivity contribution in [2.75, 3.05) is 11.9 Å². The monoisotopic (exact) mass is 413 g/mol. The number of hydrogen-bond acceptors (Lipinski definition) is 4. The standard InChI is InChI=1S/C22H24FN3O4/c23-16-6-4-5-15(11-16)13-24-21(28)12-18-9-10-19(20(14-27)30-18)26-22(29)25-17-7-2-1-3-8-17/h1-11,18-20,27H,12-14H2,(H,24,28)(H2,25,26,29)/t18-,19-,20+/m1/s1. The lowest BCUT2D eigenvalue weighted by molar-refractivity contribution is -0.125. The number of hydrogen-bond donors (Lipinski definition) is 4. The molecular weight excluding hydrogens is 389 g/mol. The molecule has 0 radical (unpaired) electrons. The van der Waals surface area contributed by atoms with Crippen molar-refractivity contribution in [2.45, 2.75) is 31.2 Å². The second kappa shape index (κ2) is 10.5. The van der Waals surface area contributed by atoms with Crippen LogP contribution < -0.4 is 16.0 Å². The van der Waals surface area contributed by atoms with Crippen LogP contribution in [0.1, 0.15) is 12.0 Å². The van der Waals surface area contributed by atoms with Gasteiger partial charge in [0.15, 0.2) is 0 Å². The number of carbonyl (C=O) groups is 2. The number of benzene rings is 2. The average molecular weight is 413 g/mol. The third-order valence-electron chi connectivity index (χ3n) is 4.56. The van der Waals surface area contributed by atoms with Gasteiger partial charge in [-0.1, -0.05) is 42.5 Å². The summed E-state index contributed by atoms with van der Waals surface area (Å²) in [6.07, 6.45) is 2.22. The Bertz CT molecular complexity index is 891. The predicted molar refractivity (Wildman–Crippen MR) is 110 cm³/mol. The maximum absolute atomic E-state index is 13.2. The fraction of sp³-hybridized carbons (Fsp3) is 0.273. The number of aliphatic hydroxyl groups is 1. The van der Waals surface area contributed by atoms with E-state index >= 15 is 0 Å². The van der Waals surface area contributed by atoms with Gasteiger partial charge < -0.3 is 25.8 Å². The van der Waals surface area contributed by atoms with Gasteiger partial charge in [-0.05, 0) is 29.8 Å². The van der Waals surface area contributed by atoms with E-state index in [2.05, 4.69) is 16.0 Å². The van der Waals surface area contributed by atoms with Crippen LogP contribution in [0.25, 0.3) is 0 Å². The first-order chi connectivity index (χ1) is 14.5.